The van der Waals surface area contributed by atoms with Gasteiger partial charge in [-0.05, 0) is 18.8 Å². The fraction of sp³-hybridized carbons (Fsp3) is 1.00. The highest BCUT2D eigenvalue weighted by atomic mass is 32.2. The first-order valence-electron chi connectivity index (χ1n) is 5.71. The summed E-state index contributed by atoms with van der Waals surface area (Å²) in [7, 11) is -1.70. The van der Waals surface area contributed by atoms with Crippen molar-refractivity contribution in [3.8, 4) is 0 Å². The standard InChI is InChI=1S/C10H22N2O3S/c1-9-4-3-5-12(10(9)8-11)16(13,14)7-6-15-2/h9-10H,3-8,11H2,1-2H3. The van der Waals surface area contributed by atoms with Crippen molar-refractivity contribution in [3.63, 3.8) is 0 Å². The third kappa shape index (κ3) is 3.16. The van der Waals surface area contributed by atoms with Crippen LogP contribution in [-0.4, -0.2) is 51.3 Å². The van der Waals surface area contributed by atoms with Crippen molar-refractivity contribution in [2.45, 2.75) is 25.8 Å². The van der Waals surface area contributed by atoms with Gasteiger partial charge in [0, 0.05) is 26.2 Å². The van der Waals surface area contributed by atoms with Gasteiger partial charge in [0.2, 0.25) is 10.0 Å². The Kier molecular flexibility index (Phi) is 5.17. The van der Waals surface area contributed by atoms with Crippen LogP contribution in [0.15, 0.2) is 0 Å². The summed E-state index contributed by atoms with van der Waals surface area (Å²) in [6, 6.07) is -0.0457. The van der Waals surface area contributed by atoms with Crippen LogP contribution in [0.1, 0.15) is 19.8 Å². The monoisotopic (exact) mass is 250 g/mol. The number of hydrogen-bond donors (Lipinski definition) is 1. The second-order valence-electron chi connectivity index (χ2n) is 4.34. The van der Waals surface area contributed by atoms with Gasteiger partial charge in [-0.15, -0.1) is 0 Å². The molecule has 1 saturated heterocycles. The number of piperidine rings is 1. The van der Waals surface area contributed by atoms with E-state index < -0.39 is 10.0 Å². The molecule has 0 radical (unpaired) electrons. The fourth-order valence-corrected chi connectivity index (χ4v) is 3.94. The minimum Gasteiger partial charge on any atom is -0.384 e. The van der Waals surface area contributed by atoms with E-state index in [0.717, 1.165) is 12.8 Å². The van der Waals surface area contributed by atoms with Gasteiger partial charge in [0.15, 0.2) is 0 Å². The van der Waals surface area contributed by atoms with Crippen LogP contribution in [0, 0.1) is 5.92 Å². The van der Waals surface area contributed by atoms with E-state index in [1.807, 2.05) is 0 Å². The Morgan fingerprint density at radius 1 is 1.50 bits per heavy atom. The number of nitrogens with zero attached hydrogens (tertiary/aromatic N) is 1. The van der Waals surface area contributed by atoms with Crippen LogP contribution >= 0.6 is 0 Å². The van der Waals surface area contributed by atoms with E-state index in [1.165, 1.54) is 7.11 Å². The smallest absolute Gasteiger partial charge is 0.216 e. The molecule has 2 N–H and O–H groups in total. The summed E-state index contributed by atoms with van der Waals surface area (Å²) in [6.45, 7) is 3.30. The molecule has 1 rings (SSSR count). The molecule has 2 unspecified atom stereocenters. The van der Waals surface area contributed by atoms with Gasteiger partial charge in [-0.3, -0.25) is 0 Å². The molecule has 5 nitrogen and oxygen atoms in total. The SMILES string of the molecule is COCCS(=O)(=O)N1CCCC(C)C1CN. The summed E-state index contributed by atoms with van der Waals surface area (Å²) in [5.41, 5.74) is 5.67. The molecule has 1 aliphatic heterocycles. The van der Waals surface area contributed by atoms with E-state index in [0.29, 0.717) is 19.0 Å². The quantitative estimate of drug-likeness (QED) is 0.746. The summed E-state index contributed by atoms with van der Waals surface area (Å²) in [4.78, 5) is 0. The minimum atomic E-state index is -3.21. The van der Waals surface area contributed by atoms with Crippen LogP contribution in [-0.2, 0) is 14.8 Å². The van der Waals surface area contributed by atoms with Crippen LogP contribution < -0.4 is 5.73 Å². The molecular formula is C10H22N2O3S. The van der Waals surface area contributed by atoms with Gasteiger partial charge in [-0.1, -0.05) is 6.92 Å². The molecule has 0 aromatic carbocycles. The molecule has 16 heavy (non-hydrogen) atoms. The van der Waals surface area contributed by atoms with E-state index >= 15 is 0 Å². The number of ether oxygens (including phenoxy) is 1. The molecular weight excluding hydrogens is 228 g/mol. The van der Waals surface area contributed by atoms with Crippen molar-refractivity contribution in [1.29, 1.82) is 0 Å². The van der Waals surface area contributed by atoms with Gasteiger partial charge in [-0.2, -0.15) is 4.31 Å². The third-order valence-corrected chi connectivity index (χ3v) is 5.06. The molecule has 2 atom stereocenters. The van der Waals surface area contributed by atoms with Crippen LogP contribution in [0.4, 0.5) is 0 Å². The summed E-state index contributed by atoms with van der Waals surface area (Å²) < 4.78 is 30.5. The zero-order chi connectivity index (χ0) is 12.2. The van der Waals surface area contributed by atoms with E-state index in [9.17, 15) is 8.42 Å². The van der Waals surface area contributed by atoms with Gasteiger partial charge in [0.1, 0.15) is 0 Å². The molecule has 0 aromatic rings. The number of methoxy groups -OCH3 is 1. The second-order valence-corrected chi connectivity index (χ2v) is 6.38. The Labute approximate surface area is 98.0 Å². The van der Waals surface area contributed by atoms with E-state index in [2.05, 4.69) is 6.92 Å². The highest BCUT2D eigenvalue weighted by molar-refractivity contribution is 7.89. The lowest BCUT2D eigenvalue weighted by Crippen LogP contribution is -2.52. The first-order chi connectivity index (χ1) is 7.53. The molecule has 0 saturated carbocycles. The summed E-state index contributed by atoms with van der Waals surface area (Å²) >= 11 is 0. The van der Waals surface area contributed by atoms with Crippen LogP contribution in [0.5, 0.6) is 0 Å². The van der Waals surface area contributed by atoms with Crippen molar-refractivity contribution in [3.05, 3.63) is 0 Å². The number of rotatable bonds is 5. The lowest BCUT2D eigenvalue weighted by Gasteiger charge is -2.38. The summed E-state index contributed by atoms with van der Waals surface area (Å²) in [6.07, 6.45) is 1.97. The maximum absolute atomic E-state index is 12.0. The van der Waals surface area contributed by atoms with E-state index in [-0.39, 0.29) is 18.4 Å². The van der Waals surface area contributed by atoms with Crippen molar-refractivity contribution in [2.24, 2.45) is 11.7 Å². The molecule has 0 bridgehead atoms. The molecule has 0 amide bonds. The largest absolute Gasteiger partial charge is 0.384 e. The highest BCUT2D eigenvalue weighted by Crippen LogP contribution is 2.25. The Morgan fingerprint density at radius 2 is 2.19 bits per heavy atom. The Hall–Kier alpha value is -0.170. The summed E-state index contributed by atoms with van der Waals surface area (Å²) in [5, 5.41) is 0. The van der Waals surface area contributed by atoms with E-state index in [4.69, 9.17) is 10.5 Å². The van der Waals surface area contributed by atoms with Crippen LogP contribution in [0.3, 0.4) is 0 Å². The molecule has 1 fully saturated rings. The van der Waals surface area contributed by atoms with Gasteiger partial charge < -0.3 is 10.5 Å². The van der Waals surface area contributed by atoms with Gasteiger partial charge in [-0.25, -0.2) is 8.42 Å². The van der Waals surface area contributed by atoms with E-state index in [1.54, 1.807) is 4.31 Å². The zero-order valence-electron chi connectivity index (χ0n) is 10.1. The van der Waals surface area contributed by atoms with Gasteiger partial charge >= 0.3 is 0 Å². The first kappa shape index (κ1) is 13.9. The Bertz CT molecular complexity index is 305. The lowest BCUT2D eigenvalue weighted by molar-refractivity contribution is 0.185. The Balaban J connectivity index is 2.75. The van der Waals surface area contributed by atoms with Crippen LogP contribution in [0.25, 0.3) is 0 Å². The molecule has 6 heteroatoms. The first-order valence-corrected chi connectivity index (χ1v) is 7.32. The predicted octanol–water partition coefficient (Wildman–Crippen LogP) is 0.0218. The van der Waals surface area contributed by atoms with Crippen molar-refractivity contribution in [1.82, 2.24) is 4.31 Å². The van der Waals surface area contributed by atoms with Gasteiger partial charge in [0.05, 0.1) is 12.4 Å². The highest BCUT2D eigenvalue weighted by Gasteiger charge is 2.34. The molecule has 0 spiro atoms. The zero-order valence-corrected chi connectivity index (χ0v) is 10.9. The topological polar surface area (TPSA) is 72.6 Å². The number of hydrogen-bond acceptors (Lipinski definition) is 4. The molecule has 1 aliphatic rings. The minimum absolute atomic E-state index is 0.0457. The van der Waals surface area contributed by atoms with Crippen LogP contribution in [0.2, 0.25) is 0 Å². The van der Waals surface area contributed by atoms with Crippen molar-refractivity contribution < 1.29 is 13.2 Å². The second kappa shape index (κ2) is 5.95. The molecule has 1 heterocycles. The van der Waals surface area contributed by atoms with Crippen molar-refractivity contribution >= 4 is 10.0 Å². The maximum Gasteiger partial charge on any atom is 0.216 e. The van der Waals surface area contributed by atoms with Gasteiger partial charge in [0.25, 0.3) is 0 Å². The predicted molar refractivity (Wildman–Crippen MR) is 63.6 cm³/mol. The average molecular weight is 250 g/mol. The maximum atomic E-state index is 12.0. The molecule has 0 aliphatic carbocycles. The third-order valence-electron chi connectivity index (χ3n) is 3.21. The number of sulfonamides is 1. The van der Waals surface area contributed by atoms with Crippen molar-refractivity contribution in [2.75, 3.05) is 32.6 Å². The fourth-order valence-electron chi connectivity index (χ4n) is 2.21. The molecule has 96 valence electrons. The lowest BCUT2D eigenvalue weighted by atomic mass is 9.93. The normalized spacial score (nSPS) is 28.2. The number of nitrogens with two attached hydrogens (primary N) is 1. The average Bonchev–Trinajstić information content (AvgIpc) is 2.26. The molecule has 0 aromatic heterocycles. The summed E-state index contributed by atoms with van der Waals surface area (Å²) in [5.74, 6) is 0.392. The Morgan fingerprint density at radius 3 is 2.75 bits per heavy atom.